The molecule has 0 saturated heterocycles. The third-order valence-corrected chi connectivity index (χ3v) is 6.43. The quantitative estimate of drug-likeness (QED) is 0.660. The van der Waals surface area contributed by atoms with Gasteiger partial charge in [-0.2, -0.15) is 5.10 Å². The van der Waals surface area contributed by atoms with Crippen LogP contribution in [0.25, 0.3) is 11.4 Å². The van der Waals surface area contributed by atoms with Crippen molar-refractivity contribution < 1.29 is 17.2 Å². The van der Waals surface area contributed by atoms with Crippen LogP contribution in [0.2, 0.25) is 0 Å². The first-order valence-corrected chi connectivity index (χ1v) is 10.9. The van der Waals surface area contributed by atoms with Crippen molar-refractivity contribution in [3.05, 3.63) is 66.0 Å². The van der Waals surface area contributed by atoms with Gasteiger partial charge in [-0.3, -0.25) is 9.67 Å². The minimum Gasteiger partial charge on any atom is -0.260 e. The first kappa shape index (κ1) is 19.7. The van der Waals surface area contributed by atoms with E-state index in [2.05, 4.69) is 14.8 Å². The number of nitrogens with one attached hydrogen (secondary N) is 1. The number of rotatable bonds is 6. The lowest BCUT2D eigenvalue weighted by atomic mass is 10.2. The monoisotopic (exact) mass is 418 g/mol. The molecular weight excluding hydrogens is 398 g/mol. The molecule has 1 aromatic carbocycles. The molecular formula is C20H20F2N4O2S. The standard InChI is InChI=1S/C20H20F2N4O2S/c21-17-9-8-16(12-18(17)22)29(27,28)24-13-14-11-20(19-7-3-4-10-23-19)26(25-14)15-5-1-2-6-15/h3-4,7-12,15,24H,1-2,5-6,13H2. The predicted molar refractivity (Wildman–Crippen MR) is 103 cm³/mol. The van der Waals surface area contributed by atoms with Crippen molar-refractivity contribution in [2.45, 2.75) is 43.2 Å². The van der Waals surface area contributed by atoms with E-state index in [9.17, 15) is 17.2 Å². The summed E-state index contributed by atoms with van der Waals surface area (Å²) >= 11 is 0. The number of pyridine rings is 1. The van der Waals surface area contributed by atoms with Crippen molar-refractivity contribution in [2.75, 3.05) is 0 Å². The van der Waals surface area contributed by atoms with Crippen LogP contribution in [0.3, 0.4) is 0 Å². The Morgan fingerprint density at radius 3 is 2.55 bits per heavy atom. The van der Waals surface area contributed by atoms with E-state index in [1.807, 2.05) is 28.9 Å². The summed E-state index contributed by atoms with van der Waals surface area (Å²) in [6, 6.07) is 10.1. The molecule has 3 aromatic rings. The van der Waals surface area contributed by atoms with Crippen molar-refractivity contribution in [1.29, 1.82) is 0 Å². The van der Waals surface area contributed by atoms with Crippen LogP contribution in [0.5, 0.6) is 0 Å². The first-order chi connectivity index (χ1) is 13.9. The summed E-state index contributed by atoms with van der Waals surface area (Å²) in [6.45, 7) is -0.0686. The zero-order valence-electron chi connectivity index (χ0n) is 15.6. The largest absolute Gasteiger partial charge is 0.260 e. The van der Waals surface area contributed by atoms with Crippen LogP contribution >= 0.6 is 0 Å². The Morgan fingerprint density at radius 1 is 1.07 bits per heavy atom. The smallest absolute Gasteiger partial charge is 0.241 e. The van der Waals surface area contributed by atoms with Gasteiger partial charge < -0.3 is 0 Å². The first-order valence-electron chi connectivity index (χ1n) is 9.38. The maximum absolute atomic E-state index is 13.4. The third-order valence-electron chi connectivity index (χ3n) is 5.03. The average molecular weight is 418 g/mol. The van der Waals surface area contributed by atoms with Gasteiger partial charge in [-0.1, -0.05) is 18.9 Å². The molecule has 0 atom stereocenters. The zero-order valence-corrected chi connectivity index (χ0v) is 16.4. The Morgan fingerprint density at radius 2 is 1.86 bits per heavy atom. The van der Waals surface area contributed by atoms with E-state index in [1.165, 1.54) is 0 Å². The molecule has 0 aliphatic heterocycles. The van der Waals surface area contributed by atoms with Gasteiger partial charge >= 0.3 is 0 Å². The van der Waals surface area contributed by atoms with Gasteiger partial charge in [0.25, 0.3) is 0 Å². The van der Waals surface area contributed by atoms with Crippen LogP contribution in [0.1, 0.15) is 37.4 Å². The summed E-state index contributed by atoms with van der Waals surface area (Å²) in [5, 5.41) is 4.61. The highest BCUT2D eigenvalue weighted by molar-refractivity contribution is 7.89. The van der Waals surface area contributed by atoms with Crippen LogP contribution in [-0.4, -0.2) is 23.2 Å². The molecule has 2 aromatic heterocycles. The lowest BCUT2D eigenvalue weighted by molar-refractivity contribution is 0.466. The molecule has 0 spiro atoms. The van der Waals surface area contributed by atoms with E-state index in [-0.39, 0.29) is 17.5 Å². The van der Waals surface area contributed by atoms with Gasteiger partial charge in [0.1, 0.15) is 0 Å². The van der Waals surface area contributed by atoms with Crippen molar-refractivity contribution in [2.24, 2.45) is 0 Å². The summed E-state index contributed by atoms with van der Waals surface area (Å²) in [5.41, 5.74) is 2.13. The molecule has 1 aliphatic carbocycles. The molecule has 4 rings (SSSR count). The molecule has 152 valence electrons. The maximum Gasteiger partial charge on any atom is 0.241 e. The van der Waals surface area contributed by atoms with Crippen molar-refractivity contribution >= 4 is 10.0 Å². The lowest BCUT2D eigenvalue weighted by Gasteiger charge is -2.13. The second-order valence-electron chi connectivity index (χ2n) is 7.02. The number of aromatic nitrogens is 3. The molecule has 2 heterocycles. The zero-order chi connectivity index (χ0) is 20.4. The highest BCUT2D eigenvalue weighted by Gasteiger charge is 2.23. The Labute approximate surface area is 167 Å². The third kappa shape index (κ3) is 4.20. The van der Waals surface area contributed by atoms with Crippen LogP contribution in [0.15, 0.2) is 53.6 Å². The molecule has 0 amide bonds. The van der Waals surface area contributed by atoms with Gasteiger partial charge in [0.15, 0.2) is 11.6 Å². The van der Waals surface area contributed by atoms with Gasteiger partial charge in [-0.25, -0.2) is 21.9 Å². The van der Waals surface area contributed by atoms with Gasteiger partial charge in [0, 0.05) is 6.20 Å². The highest BCUT2D eigenvalue weighted by Crippen LogP contribution is 2.33. The van der Waals surface area contributed by atoms with Crippen LogP contribution < -0.4 is 4.72 Å². The fourth-order valence-corrected chi connectivity index (χ4v) is 4.57. The van der Waals surface area contributed by atoms with Gasteiger partial charge in [-0.05, 0) is 49.2 Å². The Kier molecular flexibility index (Phi) is 5.42. The second-order valence-corrected chi connectivity index (χ2v) is 8.79. The molecule has 0 bridgehead atoms. The van der Waals surface area contributed by atoms with Crippen molar-refractivity contribution in [3.63, 3.8) is 0 Å². The topological polar surface area (TPSA) is 76.9 Å². The molecule has 1 fully saturated rings. The number of benzene rings is 1. The maximum atomic E-state index is 13.4. The fourth-order valence-electron chi connectivity index (χ4n) is 3.56. The number of hydrogen-bond acceptors (Lipinski definition) is 4. The number of halogens is 2. The van der Waals surface area contributed by atoms with Gasteiger partial charge in [-0.15, -0.1) is 0 Å². The van der Waals surface area contributed by atoms with Crippen LogP contribution in [0.4, 0.5) is 8.78 Å². The Bertz CT molecular complexity index is 1110. The van der Waals surface area contributed by atoms with E-state index in [4.69, 9.17) is 0 Å². The van der Waals surface area contributed by atoms with Crippen LogP contribution in [-0.2, 0) is 16.6 Å². The fraction of sp³-hybridized carbons (Fsp3) is 0.300. The SMILES string of the molecule is O=S(=O)(NCc1cc(-c2ccccn2)n(C2CCCC2)n1)c1ccc(F)c(F)c1. The normalized spacial score (nSPS) is 15.1. The summed E-state index contributed by atoms with van der Waals surface area (Å²) in [4.78, 5) is 4.06. The van der Waals surface area contributed by atoms with Gasteiger partial charge in [0.2, 0.25) is 10.0 Å². The molecule has 1 aliphatic rings. The number of hydrogen-bond donors (Lipinski definition) is 1. The Balaban J connectivity index is 1.59. The highest BCUT2D eigenvalue weighted by atomic mass is 32.2. The average Bonchev–Trinajstić information content (AvgIpc) is 3.39. The molecule has 29 heavy (non-hydrogen) atoms. The number of nitrogens with zero attached hydrogens (tertiary/aromatic N) is 3. The molecule has 1 saturated carbocycles. The molecule has 0 radical (unpaired) electrons. The summed E-state index contributed by atoms with van der Waals surface area (Å²) in [5.74, 6) is -2.31. The van der Waals surface area contributed by atoms with E-state index < -0.39 is 21.7 Å². The molecule has 0 unspecified atom stereocenters. The van der Waals surface area contributed by atoms with E-state index in [1.54, 1.807) is 6.20 Å². The number of sulfonamides is 1. The summed E-state index contributed by atoms with van der Waals surface area (Å²) in [7, 11) is -4.01. The molecule has 9 heteroatoms. The second kappa shape index (κ2) is 8.00. The van der Waals surface area contributed by atoms with Crippen molar-refractivity contribution in [1.82, 2.24) is 19.5 Å². The Hall–Kier alpha value is -2.65. The van der Waals surface area contributed by atoms with Crippen LogP contribution in [0, 0.1) is 11.6 Å². The van der Waals surface area contributed by atoms with E-state index in [0.717, 1.165) is 49.2 Å². The predicted octanol–water partition coefficient (Wildman–Crippen LogP) is 3.82. The minimum absolute atomic E-state index is 0.0686. The summed E-state index contributed by atoms with van der Waals surface area (Å²) < 4.78 is 55.7. The van der Waals surface area contributed by atoms with Gasteiger partial charge in [0.05, 0.1) is 34.6 Å². The molecule has 1 N–H and O–H groups in total. The van der Waals surface area contributed by atoms with Crippen molar-refractivity contribution in [3.8, 4) is 11.4 Å². The lowest BCUT2D eigenvalue weighted by Crippen LogP contribution is -2.24. The van der Waals surface area contributed by atoms with E-state index in [0.29, 0.717) is 11.8 Å². The van der Waals surface area contributed by atoms with E-state index >= 15 is 0 Å². The summed E-state index contributed by atoms with van der Waals surface area (Å²) in [6.07, 6.45) is 5.99. The minimum atomic E-state index is -4.01. The molecule has 6 nitrogen and oxygen atoms in total.